The molecule has 3 saturated carbocycles. The Bertz CT molecular complexity index is 1480. The fourth-order valence-corrected chi connectivity index (χ4v) is 11.0. The van der Waals surface area contributed by atoms with Crippen LogP contribution in [0.5, 0.6) is 0 Å². The van der Waals surface area contributed by atoms with Crippen LogP contribution in [0.25, 0.3) is 11.1 Å². The third kappa shape index (κ3) is 3.87. The Balaban J connectivity index is 1.40. The molecule has 0 radical (unpaired) electrons. The molecule has 6 aliphatic carbocycles. The topological polar surface area (TPSA) is 81.0 Å². The van der Waals surface area contributed by atoms with Crippen molar-refractivity contribution in [2.45, 2.75) is 70.5 Å². The molecular formula is C38H47NO4. The zero-order valence-corrected chi connectivity index (χ0v) is 25.9. The first kappa shape index (κ1) is 29.2. The van der Waals surface area contributed by atoms with Crippen LogP contribution in [0.3, 0.4) is 0 Å². The van der Waals surface area contributed by atoms with Crippen LogP contribution in [-0.4, -0.2) is 64.5 Å². The Labute approximate surface area is 256 Å². The summed E-state index contributed by atoms with van der Waals surface area (Å²) in [5.41, 5.74) is 1.43. The van der Waals surface area contributed by atoms with Crippen molar-refractivity contribution in [1.82, 2.24) is 4.90 Å². The number of aliphatic hydroxyl groups is 3. The number of fused-ring (bicyclic) bond motifs is 1. The highest BCUT2D eigenvalue weighted by atomic mass is 16.3. The van der Waals surface area contributed by atoms with E-state index in [0.29, 0.717) is 25.9 Å². The molecule has 2 bridgehead atoms. The lowest BCUT2D eigenvalue weighted by atomic mass is 9.32. The molecule has 2 aromatic rings. The number of carbonyl (C=O) groups is 1. The van der Waals surface area contributed by atoms with Crippen molar-refractivity contribution >= 4 is 5.78 Å². The van der Waals surface area contributed by atoms with E-state index in [2.05, 4.69) is 55.2 Å². The fourth-order valence-electron chi connectivity index (χ4n) is 11.0. The molecule has 3 fully saturated rings. The van der Waals surface area contributed by atoms with Crippen LogP contribution < -0.4 is 0 Å². The normalized spacial score (nSPS) is 41.0. The van der Waals surface area contributed by atoms with Crippen LogP contribution in [0.2, 0.25) is 0 Å². The SMILES string of the molecule is CN(CCO)C[C@]1(O)CC[C@H]2[C@]34C=C[C@@]5(C=C3C(=O)c3ccccc3-c3ccccc3)CC(O)CC[C@]5(C)[C@H]4CC[C@@]21C. The Hall–Kier alpha value is -2.57. The van der Waals surface area contributed by atoms with E-state index in [9.17, 15) is 15.3 Å². The minimum absolute atomic E-state index is 0.0561. The maximum absolute atomic E-state index is 15.1. The lowest BCUT2D eigenvalue weighted by Gasteiger charge is -2.71. The van der Waals surface area contributed by atoms with Gasteiger partial charge in [0.15, 0.2) is 5.78 Å². The molecule has 43 heavy (non-hydrogen) atoms. The number of Topliss-reactive ketones (excluding diaryl/α,β-unsaturated/α-hetero) is 1. The van der Waals surface area contributed by atoms with Crippen molar-refractivity contribution < 1.29 is 20.1 Å². The number of ketones is 1. The summed E-state index contributed by atoms with van der Waals surface area (Å²) in [6, 6.07) is 18.2. The third-order valence-electron chi connectivity index (χ3n) is 13.2. The predicted molar refractivity (Wildman–Crippen MR) is 169 cm³/mol. The highest BCUT2D eigenvalue weighted by molar-refractivity contribution is 6.14. The number of rotatable bonds is 7. The van der Waals surface area contributed by atoms with E-state index >= 15 is 4.79 Å². The summed E-state index contributed by atoms with van der Waals surface area (Å²) in [5.74, 6) is 0.469. The number of benzene rings is 2. The van der Waals surface area contributed by atoms with Gasteiger partial charge < -0.3 is 20.2 Å². The molecule has 1 unspecified atom stereocenters. The van der Waals surface area contributed by atoms with Crippen molar-refractivity contribution in [3.8, 4) is 11.1 Å². The molecule has 3 N–H and O–H groups in total. The van der Waals surface area contributed by atoms with Gasteiger partial charge in [0.2, 0.25) is 0 Å². The van der Waals surface area contributed by atoms with Gasteiger partial charge in [-0.1, -0.05) is 86.7 Å². The second kappa shape index (κ2) is 9.97. The standard InChI is InChI=1S/C38H47NO4/c1-34-16-13-27(41)23-36(34)19-20-38(30(24-36)33(42)29-12-8-7-11-28(29)26-9-5-4-6-10-26)31(34)14-17-35(2)32(38)15-18-37(35,43)25-39(3)21-22-40/h4-12,19-20,24,27,31-32,40-41,43H,13-18,21-23,25H2,1-3H3/t27?,31-,32-,34-,35+,36+,37-,38-/m1/s1. The quantitative estimate of drug-likeness (QED) is 0.274. The van der Waals surface area contributed by atoms with Gasteiger partial charge in [-0.2, -0.15) is 0 Å². The molecule has 0 aliphatic heterocycles. The molecule has 8 rings (SSSR count). The van der Waals surface area contributed by atoms with E-state index < -0.39 is 11.0 Å². The van der Waals surface area contributed by atoms with Gasteiger partial charge in [0.1, 0.15) is 0 Å². The Morgan fingerprint density at radius 1 is 0.907 bits per heavy atom. The largest absolute Gasteiger partial charge is 0.395 e. The molecule has 5 nitrogen and oxygen atoms in total. The minimum Gasteiger partial charge on any atom is -0.395 e. The molecule has 0 amide bonds. The second-order valence-corrected chi connectivity index (χ2v) is 15.0. The number of carbonyl (C=O) groups excluding carboxylic acids is 1. The first-order valence-electron chi connectivity index (χ1n) is 16.4. The van der Waals surface area contributed by atoms with Gasteiger partial charge in [-0.15, -0.1) is 0 Å². The number of aliphatic hydroxyl groups excluding tert-OH is 2. The van der Waals surface area contributed by atoms with Gasteiger partial charge in [-0.05, 0) is 80.4 Å². The summed E-state index contributed by atoms with van der Waals surface area (Å²) in [6.45, 7) is 5.81. The molecule has 8 atom stereocenters. The molecular weight excluding hydrogens is 534 g/mol. The van der Waals surface area contributed by atoms with Crippen LogP contribution in [0, 0.1) is 33.5 Å². The first-order chi connectivity index (χ1) is 20.5. The van der Waals surface area contributed by atoms with Crippen LogP contribution in [0.15, 0.2) is 78.4 Å². The summed E-state index contributed by atoms with van der Waals surface area (Å²) in [7, 11) is 1.98. The summed E-state index contributed by atoms with van der Waals surface area (Å²) >= 11 is 0. The molecule has 0 saturated heterocycles. The number of likely N-dealkylation sites (N-methyl/N-ethyl adjacent to an activating group) is 1. The van der Waals surface area contributed by atoms with E-state index in [1.54, 1.807) is 0 Å². The molecule has 0 heterocycles. The van der Waals surface area contributed by atoms with Gasteiger partial charge in [-0.25, -0.2) is 0 Å². The highest BCUT2D eigenvalue weighted by Crippen LogP contribution is 2.78. The van der Waals surface area contributed by atoms with Crippen molar-refractivity contribution in [1.29, 1.82) is 0 Å². The maximum Gasteiger partial charge on any atom is 0.190 e. The second-order valence-electron chi connectivity index (χ2n) is 15.0. The van der Waals surface area contributed by atoms with Crippen LogP contribution >= 0.6 is 0 Å². The van der Waals surface area contributed by atoms with Crippen molar-refractivity contribution in [3.05, 3.63) is 84.0 Å². The first-order valence-corrected chi connectivity index (χ1v) is 16.4. The van der Waals surface area contributed by atoms with Gasteiger partial charge >= 0.3 is 0 Å². The number of allylic oxidation sites excluding steroid dienone is 4. The molecule has 228 valence electrons. The molecule has 2 spiro atoms. The van der Waals surface area contributed by atoms with E-state index in [4.69, 9.17) is 0 Å². The Morgan fingerprint density at radius 2 is 1.58 bits per heavy atom. The van der Waals surface area contributed by atoms with Gasteiger partial charge in [0.25, 0.3) is 0 Å². The van der Waals surface area contributed by atoms with Crippen molar-refractivity contribution in [2.75, 3.05) is 26.7 Å². The summed E-state index contributed by atoms with van der Waals surface area (Å²) < 4.78 is 0. The lowest BCUT2D eigenvalue weighted by molar-refractivity contribution is -0.175. The van der Waals surface area contributed by atoms with E-state index in [-0.39, 0.29) is 46.6 Å². The van der Waals surface area contributed by atoms with Gasteiger partial charge in [-0.3, -0.25) is 4.79 Å². The number of nitrogens with zero attached hydrogens (tertiary/aromatic N) is 1. The smallest absolute Gasteiger partial charge is 0.190 e. The summed E-state index contributed by atoms with van der Waals surface area (Å²) in [6.07, 6.45) is 12.5. The zero-order valence-electron chi connectivity index (χ0n) is 25.9. The average molecular weight is 582 g/mol. The summed E-state index contributed by atoms with van der Waals surface area (Å²) in [4.78, 5) is 17.2. The molecule has 2 aromatic carbocycles. The minimum atomic E-state index is -0.902. The Kier molecular flexibility index (Phi) is 6.76. The Morgan fingerprint density at radius 3 is 2.35 bits per heavy atom. The van der Waals surface area contributed by atoms with Gasteiger partial charge in [0.05, 0.1) is 18.3 Å². The monoisotopic (exact) mass is 581 g/mol. The fraction of sp³-hybridized carbons (Fsp3) is 0.553. The third-order valence-corrected chi connectivity index (χ3v) is 13.2. The molecule has 5 heteroatoms. The maximum atomic E-state index is 15.1. The van der Waals surface area contributed by atoms with Crippen molar-refractivity contribution in [2.24, 2.45) is 33.5 Å². The van der Waals surface area contributed by atoms with Crippen LogP contribution in [0.4, 0.5) is 0 Å². The summed E-state index contributed by atoms with van der Waals surface area (Å²) in [5, 5.41) is 33.0. The van der Waals surface area contributed by atoms with Crippen LogP contribution in [0.1, 0.15) is 69.2 Å². The highest BCUT2D eigenvalue weighted by Gasteiger charge is 2.74. The molecule has 6 aliphatic rings. The number of hydrogen-bond acceptors (Lipinski definition) is 5. The van der Waals surface area contributed by atoms with Crippen LogP contribution in [-0.2, 0) is 0 Å². The average Bonchev–Trinajstić information content (AvgIpc) is 3.27. The van der Waals surface area contributed by atoms with E-state index in [1.165, 1.54) is 0 Å². The van der Waals surface area contributed by atoms with Gasteiger partial charge in [0, 0.05) is 40.5 Å². The van der Waals surface area contributed by atoms with E-state index in [1.807, 2.05) is 43.4 Å². The number of hydrogen-bond donors (Lipinski definition) is 3. The lowest BCUT2D eigenvalue weighted by Crippen LogP contribution is -2.67. The molecule has 0 aromatic heterocycles. The predicted octanol–water partition coefficient (Wildman–Crippen LogP) is 6.05. The van der Waals surface area contributed by atoms with E-state index in [0.717, 1.165) is 54.4 Å². The zero-order chi connectivity index (χ0) is 30.3. The van der Waals surface area contributed by atoms with Crippen molar-refractivity contribution in [3.63, 3.8) is 0 Å².